The molecular weight excluding hydrogens is 494 g/mol. The Labute approximate surface area is 209 Å². The molecule has 0 saturated carbocycles. The number of carboxylic acid groups (broad SMARTS) is 4. The second kappa shape index (κ2) is 13.7. The maximum Gasteiger partial charge on any atom is 0.414 e. The number of ether oxygens (including phenoxy) is 1. The molecule has 0 bridgehead atoms. The Balaban J connectivity index is 0.000000319. The van der Waals surface area contributed by atoms with Gasteiger partial charge in [0.15, 0.2) is 0 Å². The molecule has 3 aromatic rings. The molecule has 1 aliphatic heterocycles. The van der Waals surface area contributed by atoms with E-state index >= 15 is 0 Å². The van der Waals surface area contributed by atoms with E-state index < -0.39 is 23.9 Å². The maximum absolute atomic E-state index is 9.59. The second-order valence-electron chi connectivity index (χ2n) is 7.47. The second-order valence-corrected chi connectivity index (χ2v) is 8.56. The molecule has 1 saturated heterocycles. The van der Waals surface area contributed by atoms with Crippen LogP contribution in [0.3, 0.4) is 0 Å². The lowest BCUT2D eigenvalue weighted by molar-refractivity contribution is -0.159. The quantitative estimate of drug-likeness (QED) is 0.312. The zero-order valence-corrected chi connectivity index (χ0v) is 19.8. The van der Waals surface area contributed by atoms with Crippen molar-refractivity contribution in [3.05, 3.63) is 48.5 Å². The standard InChI is InChI=1S/C20H21NO2S.2C2H2O4/c22-17-6-3-16-13-19(24-20(16)14-17)15-4-7-18(8-5-15)23-12-11-21-9-1-2-10-21;2*3-1(4)2(5)6/h3-8,13-14,22H,1-2,9-12H2;2*(H,3,4)(H,5,6). The maximum atomic E-state index is 9.59. The van der Waals surface area contributed by atoms with Crippen LogP contribution in [0.5, 0.6) is 11.5 Å². The zero-order chi connectivity index (χ0) is 26.7. The van der Waals surface area contributed by atoms with Crippen molar-refractivity contribution in [3.63, 3.8) is 0 Å². The Morgan fingerprint density at radius 1 is 0.806 bits per heavy atom. The molecule has 0 amide bonds. The summed E-state index contributed by atoms with van der Waals surface area (Å²) in [6.07, 6.45) is 2.64. The van der Waals surface area contributed by atoms with Crippen molar-refractivity contribution in [2.24, 2.45) is 0 Å². The number of thiophene rings is 1. The molecule has 0 aliphatic carbocycles. The summed E-state index contributed by atoms with van der Waals surface area (Å²) in [5, 5.41) is 40.3. The molecule has 0 radical (unpaired) electrons. The van der Waals surface area contributed by atoms with Crippen molar-refractivity contribution in [1.29, 1.82) is 0 Å². The van der Waals surface area contributed by atoms with Gasteiger partial charge in [-0.05, 0) is 85.4 Å². The third-order valence-corrected chi connectivity index (χ3v) is 6.03. The minimum absolute atomic E-state index is 0.317. The third-order valence-electron chi connectivity index (χ3n) is 4.88. The predicted octanol–water partition coefficient (Wildman–Crippen LogP) is 3.06. The SMILES string of the molecule is O=C(O)C(=O)O.O=C(O)C(=O)O.Oc1ccc2cc(-c3ccc(OCCN4CCCC4)cc3)sc2c1. The van der Waals surface area contributed by atoms with Gasteiger partial charge in [-0.15, -0.1) is 11.3 Å². The van der Waals surface area contributed by atoms with Gasteiger partial charge >= 0.3 is 23.9 Å². The molecule has 1 fully saturated rings. The highest BCUT2D eigenvalue weighted by Gasteiger charge is 2.11. The number of carbonyl (C=O) groups is 4. The topological polar surface area (TPSA) is 182 Å². The third kappa shape index (κ3) is 9.24. The summed E-state index contributed by atoms with van der Waals surface area (Å²) in [7, 11) is 0. The highest BCUT2D eigenvalue weighted by Crippen LogP contribution is 2.35. The monoisotopic (exact) mass is 519 g/mol. The van der Waals surface area contributed by atoms with Gasteiger partial charge in [-0.2, -0.15) is 0 Å². The normalized spacial score (nSPS) is 12.6. The average molecular weight is 520 g/mol. The smallest absolute Gasteiger partial charge is 0.414 e. The number of benzene rings is 2. The zero-order valence-electron chi connectivity index (χ0n) is 19.0. The van der Waals surface area contributed by atoms with Crippen molar-refractivity contribution in [1.82, 2.24) is 4.90 Å². The van der Waals surface area contributed by atoms with Crippen LogP contribution < -0.4 is 4.74 Å². The average Bonchev–Trinajstić information content (AvgIpc) is 3.50. The molecule has 4 rings (SSSR count). The number of aromatic hydroxyl groups is 1. The fraction of sp³-hybridized carbons (Fsp3) is 0.250. The van der Waals surface area contributed by atoms with Gasteiger partial charge in [0.2, 0.25) is 0 Å². The van der Waals surface area contributed by atoms with Crippen molar-refractivity contribution in [3.8, 4) is 21.9 Å². The first-order chi connectivity index (χ1) is 17.1. The number of phenols is 1. The first kappa shape index (κ1) is 28.1. The predicted molar refractivity (Wildman–Crippen MR) is 131 cm³/mol. The molecule has 192 valence electrons. The Hall–Kier alpha value is -4.16. The number of fused-ring (bicyclic) bond motifs is 1. The number of likely N-dealkylation sites (tertiary alicyclic amines) is 1. The lowest BCUT2D eigenvalue weighted by Crippen LogP contribution is -2.25. The molecule has 2 heterocycles. The van der Waals surface area contributed by atoms with Crippen molar-refractivity contribution < 1.29 is 49.4 Å². The summed E-state index contributed by atoms with van der Waals surface area (Å²) in [6, 6.07) is 16.0. The summed E-state index contributed by atoms with van der Waals surface area (Å²) in [5.41, 5.74) is 1.18. The largest absolute Gasteiger partial charge is 0.508 e. The molecule has 0 spiro atoms. The number of rotatable bonds is 5. The molecule has 2 aromatic carbocycles. The van der Waals surface area contributed by atoms with Crippen LogP contribution in [-0.2, 0) is 19.2 Å². The van der Waals surface area contributed by atoms with Gasteiger partial charge in [-0.3, -0.25) is 4.90 Å². The fourth-order valence-corrected chi connectivity index (χ4v) is 4.28. The van der Waals surface area contributed by atoms with Crippen LogP contribution in [0.4, 0.5) is 0 Å². The van der Waals surface area contributed by atoms with Crippen LogP contribution in [-0.4, -0.2) is 80.6 Å². The van der Waals surface area contributed by atoms with E-state index in [0.717, 1.165) is 23.6 Å². The first-order valence-corrected chi connectivity index (χ1v) is 11.5. The summed E-state index contributed by atoms with van der Waals surface area (Å²) in [6.45, 7) is 4.19. The van der Waals surface area contributed by atoms with E-state index in [1.54, 1.807) is 17.4 Å². The number of nitrogens with zero attached hydrogens (tertiary/aromatic N) is 1. The highest BCUT2D eigenvalue weighted by atomic mass is 32.1. The summed E-state index contributed by atoms with van der Waals surface area (Å²) < 4.78 is 6.97. The van der Waals surface area contributed by atoms with Crippen LogP contribution in [0.15, 0.2) is 48.5 Å². The van der Waals surface area contributed by atoms with Crippen LogP contribution in [0.2, 0.25) is 0 Å². The van der Waals surface area contributed by atoms with Gasteiger partial charge in [0.1, 0.15) is 18.1 Å². The highest BCUT2D eigenvalue weighted by molar-refractivity contribution is 7.22. The molecule has 0 unspecified atom stereocenters. The minimum atomic E-state index is -1.82. The number of carboxylic acids is 4. The lowest BCUT2D eigenvalue weighted by Gasteiger charge is -2.14. The van der Waals surface area contributed by atoms with Gasteiger partial charge in [0.25, 0.3) is 0 Å². The summed E-state index contributed by atoms with van der Waals surface area (Å²) in [5.74, 6) is -6.05. The molecular formula is C24H25NO10S. The minimum Gasteiger partial charge on any atom is -0.508 e. The lowest BCUT2D eigenvalue weighted by atomic mass is 10.1. The van der Waals surface area contributed by atoms with Crippen LogP contribution in [0.1, 0.15) is 12.8 Å². The Bertz CT molecular complexity index is 1150. The fourth-order valence-electron chi connectivity index (χ4n) is 3.18. The van der Waals surface area contributed by atoms with E-state index in [1.807, 2.05) is 24.3 Å². The molecule has 36 heavy (non-hydrogen) atoms. The Kier molecular flexibility index (Phi) is 10.7. The summed E-state index contributed by atoms with van der Waals surface area (Å²) >= 11 is 1.70. The van der Waals surface area contributed by atoms with Crippen molar-refractivity contribution >= 4 is 45.3 Å². The van der Waals surface area contributed by atoms with Gasteiger partial charge in [0, 0.05) is 16.1 Å². The van der Waals surface area contributed by atoms with Gasteiger partial charge in [-0.1, -0.05) is 0 Å². The molecule has 1 aromatic heterocycles. The molecule has 0 atom stereocenters. The van der Waals surface area contributed by atoms with Crippen LogP contribution in [0.25, 0.3) is 20.5 Å². The Morgan fingerprint density at radius 3 is 1.89 bits per heavy atom. The van der Waals surface area contributed by atoms with E-state index in [2.05, 4.69) is 23.1 Å². The van der Waals surface area contributed by atoms with E-state index in [1.165, 1.54) is 41.8 Å². The van der Waals surface area contributed by atoms with Gasteiger partial charge in [-0.25, -0.2) is 19.2 Å². The van der Waals surface area contributed by atoms with Crippen molar-refractivity contribution in [2.75, 3.05) is 26.2 Å². The van der Waals surface area contributed by atoms with Crippen LogP contribution >= 0.6 is 11.3 Å². The molecule has 11 nitrogen and oxygen atoms in total. The number of phenolic OH excluding ortho intramolecular Hbond substituents is 1. The van der Waals surface area contributed by atoms with Crippen LogP contribution in [0, 0.1) is 0 Å². The van der Waals surface area contributed by atoms with E-state index in [9.17, 15) is 5.11 Å². The Morgan fingerprint density at radius 2 is 1.36 bits per heavy atom. The molecule has 12 heteroatoms. The van der Waals surface area contributed by atoms with E-state index in [-0.39, 0.29) is 0 Å². The molecule has 1 aliphatic rings. The first-order valence-electron chi connectivity index (χ1n) is 10.7. The molecule has 5 N–H and O–H groups in total. The number of aliphatic carboxylic acids is 4. The number of hydrogen-bond acceptors (Lipinski definition) is 8. The van der Waals surface area contributed by atoms with E-state index in [0.29, 0.717) is 5.75 Å². The van der Waals surface area contributed by atoms with Crippen molar-refractivity contribution in [2.45, 2.75) is 12.8 Å². The number of hydrogen-bond donors (Lipinski definition) is 5. The van der Waals surface area contributed by atoms with E-state index in [4.69, 9.17) is 44.3 Å². The van der Waals surface area contributed by atoms with Gasteiger partial charge < -0.3 is 30.3 Å². The van der Waals surface area contributed by atoms with Gasteiger partial charge in [0.05, 0.1) is 0 Å². The summed E-state index contributed by atoms with van der Waals surface area (Å²) in [4.78, 5) is 40.1.